The molecule has 1 aliphatic rings. The molecule has 0 saturated heterocycles. The van der Waals surface area contributed by atoms with Crippen LogP contribution in [0.2, 0.25) is 0 Å². The Hall–Kier alpha value is -3.19. The van der Waals surface area contributed by atoms with Gasteiger partial charge in [0.1, 0.15) is 0 Å². The van der Waals surface area contributed by atoms with Crippen LogP contribution in [0.15, 0.2) is 60.8 Å². The van der Waals surface area contributed by atoms with Gasteiger partial charge in [-0.2, -0.15) is 5.26 Å². The van der Waals surface area contributed by atoms with Gasteiger partial charge in [-0.15, -0.1) is 0 Å². The number of nitriles is 1. The van der Waals surface area contributed by atoms with Crippen LogP contribution in [0.25, 0.3) is 5.69 Å². The minimum absolute atomic E-state index is 0.0300. The molecule has 4 rings (SSSR count). The van der Waals surface area contributed by atoms with Crippen LogP contribution in [0.1, 0.15) is 22.9 Å². The minimum atomic E-state index is -0.0300. The summed E-state index contributed by atoms with van der Waals surface area (Å²) in [5, 5.41) is 12.6. The van der Waals surface area contributed by atoms with E-state index in [1.165, 1.54) is 0 Å². The minimum Gasteiger partial charge on any atom is -0.398 e. The van der Waals surface area contributed by atoms with E-state index < -0.39 is 0 Å². The van der Waals surface area contributed by atoms with E-state index in [1.54, 1.807) is 0 Å². The highest BCUT2D eigenvalue weighted by Gasteiger charge is 2.26. The fourth-order valence-corrected chi connectivity index (χ4v) is 3.02. The number of nitrogens with one attached hydrogen (secondary N) is 1. The molecule has 0 bridgehead atoms. The maximum atomic E-state index is 9.12. The number of nitrogens with zero attached hydrogens (tertiary/aromatic N) is 2. The molecule has 0 amide bonds. The van der Waals surface area contributed by atoms with Gasteiger partial charge in [-0.25, -0.2) is 0 Å². The number of anilines is 2. The number of para-hydroxylation sites is 1. The Kier molecular flexibility index (Phi) is 2.67. The predicted octanol–water partition coefficient (Wildman–Crippen LogP) is 3.45. The lowest BCUT2D eigenvalue weighted by molar-refractivity contribution is 0.811. The number of nitrogens with two attached hydrogens (primary N) is 1. The summed E-state index contributed by atoms with van der Waals surface area (Å²) in [5.41, 5.74) is 11.7. The monoisotopic (exact) mass is 286 g/mol. The van der Waals surface area contributed by atoms with Crippen molar-refractivity contribution in [2.24, 2.45) is 0 Å². The molecule has 1 aromatic heterocycles. The van der Waals surface area contributed by atoms with Crippen molar-refractivity contribution in [3.8, 4) is 11.8 Å². The van der Waals surface area contributed by atoms with Gasteiger partial charge < -0.3 is 15.6 Å². The van der Waals surface area contributed by atoms with Crippen LogP contribution < -0.4 is 11.1 Å². The molecular formula is C18H14N4. The summed E-state index contributed by atoms with van der Waals surface area (Å²) in [5.74, 6) is 0. The van der Waals surface area contributed by atoms with E-state index in [1.807, 2.05) is 54.7 Å². The normalized spacial score (nSPS) is 15.3. The summed E-state index contributed by atoms with van der Waals surface area (Å²) in [4.78, 5) is 0. The largest absolute Gasteiger partial charge is 0.398 e. The lowest BCUT2D eigenvalue weighted by Crippen LogP contribution is -2.22. The Morgan fingerprint density at radius 3 is 2.77 bits per heavy atom. The van der Waals surface area contributed by atoms with Gasteiger partial charge in [-0.3, -0.25) is 0 Å². The molecule has 3 N–H and O–H groups in total. The number of aromatic nitrogens is 1. The first kappa shape index (κ1) is 12.5. The van der Waals surface area contributed by atoms with Crippen molar-refractivity contribution in [3.63, 3.8) is 0 Å². The van der Waals surface area contributed by atoms with Gasteiger partial charge in [-0.05, 0) is 36.4 Å². The van der Waals surface area contributed by atoms with Gasteiger partial charge in [0.15, 0.2) is 0 Å². The average Bonchev–Trinajstić information content (AvgIpc) is 3.04. The van der Waals surface area contributed by atoms with Crippen LogP contribution in [0.4, 0.5) is 11.4 Å². The number of nitrogen functional groups attached to an aromatic ring is 1. The first-order chi connectivity index (χ1) is 10.8. The number of fused-ring (bicyclic) bond motifs is 3. The summed E-state index contributed by atoms with van der Waals surface area (Å²) in [6.07, 6.45) is 2.03. The Morgan fingerprint density at radius 1 is 1.09 bits per heavy atom. The van der Waals surface area contributed by atoms with Crippen molar-refractivity contribution in [3.05, 3.63) is 77.6 Å². The molecule has 0 aliphatic carbocycles. The SMILES string of the molecule is N#Cc1ccc2c(c1)NC(c1ccccc1N)c1cccn1-2. The highest BCUT2D eigenvalue weighted by Crippen LogP contribution is 2.38. The number of hydrogen-bond donors (Lipinski definition) is 2. The highest BCUT2D eigenvalue weighted by molar-refractivity contribution is 5.70. The molecule has 0 spiro atoms. The third kappa shape index (κ3) is 1.76. The molecule has 0 fully saturated rings. The highest BCUT2D eigenvalue weighted by atomic mass is 15.1. The van der Waals surface area contributed by atoms with Crippen LogP contribution in [-0.2, 0) is 0 Å². The van der Waals surface area contributed by atoms with Crippen molar-refractivity contribution in [1.82, 2.24) is 4.57 Å². The third-order valence-electron chi connectivity index (χ3n) is 4.07. The van der Waals surface area contributed by atoms with E-state index in [-0.39, 0.29) is 6.04 Å². The zero-order valence-electron chi connectivity index (χ0n) is 11.8. The first-order valence-electron chi connectivity index (χ1n) is 7.10. The molecule has 1 unspecified atom stereocenters. The standard InChI is InChI=1S/C18H14N4/c19-11-12-7-8-16-15(10-12)21-18(17-6-3-9-22(16)17)13-4-1-2-5-14(13)20/h1-10,18,21H,20H2. The summed E-state index contributed by atoms with van der Waals surface area (Å²) < 4.78 is 2.14. The lowest BCUT2D eigenvalue weighted by atomic mass is 9.98. The fourth-order valence-electron chi connectivity index (χ4n) is 3.02. The number of benzene rings is 2. The van der Waals surface area contributed by atoms with Crippen LogP contribution >= 0.6 is 0 Å². The lowest BCUT2D eigenvalue weighted by Gasteiger charge is -2.30. The fraction of sp³-hybridized carbons (Fsp3) is 0.0556. The van der Waals surface area contributed by atoms with Crippen molar-refractivity contribution < 1.29 is 0 Å². The second-order valence-electron chi connectivity index (χ2n) is 5.35. The van der Waals surface area contributed by atoms with E-state index in [0.29, 0.717) is 5.56 Å². The summed E-state index contributed by atoms with van der Waals surface area (Å²) in [7, 11) is 0. The van der Waals surface area contributed by atoms with Gasteiger partial charge >= 0.3 is 0 Å². The van der Waals surface area contributed by atoms with Gasteiger partial charge in [0.25, 0.3) is 0 Å². The molecule has 106 valence electrons. The quantitative estimate of drug-likeness (QED) is 0.673. The number of rotatable bonds is 1. The Morgan fingerprint density at radius 2 is 1.95 bits per heavy atom. The average molecular weight is 286 g/mol. The topological polar surface area (TPSA) is 66.8 Å². The molecule has 4 heteroatoms. The maximum absolute atomic E-state index is 9.12. The van der Waals surface area contributed by atoms with Crippen LogP contribution in [0.3, 0.4) is 0 Å². The van der Waals surface area contributed by atoms with Crippen molar-refractivity contribution in [2.75, 3.05) is 11.1 Å². The van der Waals surface area contributed by atoms with E-state index in [9.17, 15) is 0 Å². The van der Waals surface area contributed by atoms with E-state index in [2.05, 4.69) is 22.0 Å². The smallest absolute Gasteiger partial charge is 0.0992 e. The Bertz CT molecular complexity index is 901. The van der Waals surface area contributed by atoms with Gasteiger partial charge in [0, 0.05) is 23.1 Å². The molecule has 3 aromatic rings. The molecule has 22 heavy (non-hydrogen) atoms. The van der Waals surface area contributed by atoms with Crippen LogP contribution in [-0.4, -0.2) is 4.57 Å². The second-order valence-corrected chi connectivity index (χ2v) is 5.35. The summed E-state index contributed by atoms with van der Waals surface area (Å²) in [6.45, 7) is 0. The van der Waals surface area contributed by atoms with Crippen molar-refractivity contribution >= 4 is 11.4 Å². The van der Waals surface area contributed by atoms with Crippen molar-refractivity contribution in [1.29, 1.82) is 5.26 Å². The predicted molar refractivity (Wildman–Crippen MR) is 86.8 cm³/mol. The Balaban J connectivity index is 1.91. The van der Waals surface area contributed by atoms with Crippen LogP contribution in [0, 0.1) is 11.3 Å². The van der Waals surface area contributed by atoms with Crippen molar-refractivity contribution in [2.45, 2.75) is 6.04 Å². The van der Waals surface area contributed by atoms with Gasteiger partial charge in [0.2, 0.25) is 0 Å². The molecule has 0 saturated carbocycles. The molecular weight excluding hydrogens is 272 g/mol. The van der Waals surface area contributed by atoms with E-state index >= 15 is 0 Å². The maximum Gasteiger partial charge on any atom is 0.0992 e. The first-order valence-corrected chi connectivity index (χ1v) is 7.10. The molecule has 2 aromatic carbocycles. The molecule has 2 heterocycles. The molecule has 1 aliphatic heterocycles. The third-order valence-corrected chi connectivity index (χ3v) is 4.07. The van der Waals surface area contributed by atoms with Crippen LogP contribution in [0.5, 0.6) is 0 Å². The summed E-state index contributed by atoms with van der Waals surface area (Å²) in [6, 6.07) is 19.8. The zero-order chi connectivity index (χ0) is 15.1. The second kappa shape index (κ2) is 4.68. The summed E-state index contributed by atoms with van der Waals surface area (Å²) >= 11 is 0. The van der Waals surface area contributed by atoms with Gasteiger partial charge in [0.05, 0.1) is 29.0 Å². The molecule has 4 nitrogen and oxygen atoms in total. The van der Waals surface area contributed by atoms with Gasteiger partial charge in [-0.1, -0.05) is 18.2 Å². The molecule has 0 radical (unpaired) electrons. The number of hydrogen-bond acceptors (Lipinski definition) is 3. The Labute approximate surface area is 128 Å². The molecule has 1 atom stereocenters. The van der Waals surface area contributed by atoms with E-state index in [4.69, 9.17) is 11.0 Å². The van der Waals surface area contributed by atoms with E-state index in [0.717, 1.165) is 28.3 Å². The zero-order valence-corrected chi connectivity index (χ0v) is 11.8.